The first-order valence-electron chi connectivity index (χ1n) is 8.48. The minimum atomic E-state index is -0.492. The lowest BCUT2D eigenvalue weighted by Gasteiger charge is -2.23. The fourth-order valence-corrected chi connectivity index (χ4v) is 2.66. The number of carbonyl (C=O) groups excluding carboxylic acids is 2. The maximum absolute atomic E-state index is 12.5. The first kappa shape index (κ1) is 18.8. The summed E-state index contributed by atoms with van der Waals surface area (Å²) < 4.78 is 5.71. The Morgan fingerprint density at radius 1 is 1.36 bits per heavy atom. The number of hydrazine groups is 1. The van der Waals surface area contributed by atoms with Crippen molar-refractivity contribution in [3.05, 3.63) is 30.3 Å². The molecule has 1 aromatic carbocycles. The van der Waals surface area contributed by atoms with E-state index >= 15 is 0 Å². The molecule has 0 radical (unpaired) electrons. The van der Waals surface area contributed by atoms with E-state index in [1.807, 2.05) is 30.3 Å². The second kappa shape index (κ2) is 9.08. The van der Waals surface area contributed by atoms with Gasteiger partial charge in [-0.2, -0.15) is 0 Å². The van der Waals surface area contributed by atoms with Crippen molar-refractivity contribution in [3.8, 4) is 0 Å². The van der Waals surface area contributed by atoms with Gasteiger partial charge in [0.05, 0.1) is 12.5 Å². The van der Waals surface area contributed by atoms with Crippen LogP contribution in [-0.4, -0.2) is 36.2 Å². The Morgan fingerprint density at radius 3 is 2.80 bits per heavy atom. The summed E-state index contributed by atoms with van der Waals surface area (Å²) in [6.07, 6.45) is 3.79. The topological polar surface area (TPSA) is 86.0 Å². The third-order valence-electron chi connectivity index (χ3n) is 4.08. The van der Waals surface area contributed by atoms with E-state index in [0.717, 1.165) is 30.2 Å². The van der Waals surface area contributed by atoms with E-state index < -0.39 is 5.92 Å². The summed E-state index contributed by atoms with van der Waals surface area (Å²) in [5.41, 5.74) is 3.50. The average Bonchev–Trinajstić information content (AvgIpc) is 3.05. The molecule has 1 atom stereocenters. The quantitative estimate of drug-likeness (QED) is 0.299. The van der Waals surface area contributed by atoms with Crippen LogP contribution >= 0.6 is 0 Å². The Hall–Kier alpha value is -2.54. The van der Waals surface area contributed by atoms with E-state index in [4.69, 9.17) is 4.42 Å². The van der Waals surface area contributed by atoms with E-state index in [-0.39, 0.29) is 12.5 Å². The molecule has 25 heavy (non-hydrogen) atoms. The van der Waals surface area contributed by atoms with Crippen LogP contribution in [0.5, 0.6) is 0 Å². The summed E-state index contributed by atoms with van der Waals surface area (Å²) in [5.74, 6) is -0.244. The predicted molar refractivity (Wildman–Crippen MR) is 94.9 cm³/mol. The number of carbonyl (C=O) groups is 2. The van der Waals surface area contributed by atoms with Gasteiger partial charge in [-0.3, -0.25) is 25.2 Å². The van der Waals surface area contributed by atoms with Gasteiger partial charge in [0.1, 0.15) is 5.58 Å². The SMILES string of the molecule is CCCCCC(CN(O)C=O)C(=O)NN(C)c1cc2ccccc2o1. The number of fused-ring (bicyclic) bond motifs is 1. The number of hydrogen-bond donors (Lipinski definition) is 2. The van der Waals surface area contributed by atoms with Crippen LogP contribution in [-0.2, 0) is 9.59 Å². The van der Waals surface area contributed by atoms with Crippen LogP contribution in [0, 0.1) is 5.92 Å². The van der Waals surface area contributed by atoms with Crippen LogP contribution in [0.15, 0.2) is 34.7 Å². The van der Waals surface area contributed by atoms with E-state index in [9.17, 15) is 14.8 Å². The number of unbranched alkanes of at least 4 members (excludes halogenated alkanes) is 2. The first-order valence-corrected chi connectivity index (χ1v) is 8.48. The van der Waals surface area contributed by atoms with Crippen molar-refractivity contribution in [2.24, 2.45) is 5.92 Å². The minimum absolute atomic E-state index is 0.0347. The largest absolute Gasteiger partial charge is 0.439 e. The van der Waals surface area contributed by atoms with E-state index in [1.165, 1.54) is 5.01 Å². The smallest absolute Gasteiger partial charge is 0.243 e. The Labute approximate surface area is 147 Å². The lowest BCUT2D eigenvalue weighted by Crippen LogP contribution is -2.45. The molecule has 1 heterocycles. The van der Waals surface area contributed by atoms with Crippen molar-refractivity contribution in [2.75, 3.05) is 18.6 Å². The van der Waals surface area contributed by atoms with Gasteiger partial charge >= 0.3 is 0 Å². The Balaban J connectivity index is 2.02. The van der Waals surface area contributed by atoms with Crippen LogP contribution in [0.3, 0.4) is 0 Å². The van der Waals surface area contributed by atoms with Gasteiger partial charge < -0.3 is 4.42 Å². The average molecular weight is 347 g/mol. The van der Waals surface area contributed by atoms with Gasteiger partial charge in [0.25, 0.3) is 0 Å². The molecule has 0 bridgehead atoms. The molecule has 1 aromatic heterocycles. The highest BCUT2D eigenvalue weighted by Gasteiger charge is 2.22. The lowest BCUT2D eigenvalue weighted by atomic mass is 10.0. The number of rotatable bonds is 10. The number of nitrogens with zero attached hydrogens (tertiary/aromatic N) is 2. The Bertz CT molecular complexity index is 667. The van der Waals surface area contributed by atoms with Crippen molar-refractivity contribution < 1.29 is 19.2 Å². The zero-order valence-electron chi connectivity index (χ0n) is 14.6. The molecule has 2 amide bonds. The summed E-state index contributed by atoms with van der Waals surface area (Å²) >= 11 is 0. The zero-order chi connectivity index (χ0) is 18.2. The second-order valence-corrected chi connectivity index (χ2v) is 6.08. The highest BCUT2D eigenvalue weighted by Crippen LogP contribution is 2.24. The number of nitrogens with one attached hydrogen (secondary N) is 1. The molecule has 7 nitrogen and oxygen atoms in total. The number of furan rings is 1. The maximum Gasteiger partial charge on any atom is 0.243 e. The molecule has 0 aliphatic rings. The molecule has 1 unspecified atom stereocenters. The molecule has 0 aliphatic heterocycles. The standard InChI is InChI=1S/C18H25N3O4/c1-3-4-5-9-15(12-21(24)13-22)18(23)19-20(2)17-11-14-8-6-7-10-16(14)25-17/h6-8,10-11,13,15,24H,3-5,9,12H2,1-2H3,(H,19,23). The Kier molecular flexibility index (Phi) is 6.82. The molecule has 0 saturated heterocycles. The number of anilines is 1. The fourth-order valence-electron chi connectivity index (χ4n) is 2.66. The molecular formula is C18H25N3O4. The number of amides is 2. The molecular weight excluding hydrogens is 322 g/mol. The van der Waals surface area contributed by atoms with Crippen molar-refractivity contribution in [1.29, 1.82) is 0 Å². The minimum Gasteiger partial charge on any atom is -0.439 e. The monoisotopic (exact) mass is 347 g/mol. The van der Waals surface area contributed by atoms with E-state index in [0.29, 0.717) is 23.8 Å². The van der Waals surface area contributed by atoms with Gasteiger partial charge in [0, 0.05) is 18.5 Å². The summed E-state index contributed by atoms with van der Waals surface area (Å²) in [6, 6.07) is 9.42. The van der Waals surface area contributed by atoms with E-state index in [2.05, 4.69) is 12.3 Å². The van der Waals surface area contributed by atoms with Gasteiger partial charge in [0.2, 0.25) is 18.2 Å². The molecule has 0 fully saturated rings. The molecule has 2 N–H and O–H groups in total. The molecule has 2 aromatic rings. The third kappa shape index (κ3) is 5.22. The summed E-state index contributed by atoms with van der Waals surface area (Å²) in [5, 5.41) is 12.4. The maximum atomic E-state index is 12.5. The number of para-hydroxylation sites is 1. The van der Waals surface area contributed by atoms with E-state index in [1.54, 1.807) is 7.05 Å². The molecule has 0 saturated carbocycles. The molecule has 136 valence electrons. The van der Waals surface area contributed by atoms with Gasteiger partial charge in [-0.15, -0.1) is 0 Å². The van der Waals surface area contributed by atoms with Gasteiger partial charge in [-0.05, 0) is 12.5 Å². The van der Waals surface area contributed by atoms with Crippen molar-refractivity contribution in [3.63, 3.8) is 0 Å². The highest BCUT2D eigenvalue weighted by molar-refractivity contribution is 5.83. The lowest BCUT2D eigenvalue weighted by molar-refractivity contribution is -0.154. The van der Waals surface area contributed by atoms with Gasteiger partial charge in [-0.1, -0.05) is 44.4 Å². The second-order valence-electron chi connectivity index (χ2n) is 6.08. The first-order chi connectivity index (χ1) is 12.0. The number of benzene rings is 1. The van der Waals surface area contributed by atoms with Crippen LogP contribution in [0.1, 0.15) is 32.6 Å². The highest BCUT2D eigenvalue weighted by atomic mass is 16.5. The summed E-state index contributed by atoms with van der Waals surface area (Å²) in [6.45, 7) is 2.04. The molecule has 2 rings (SSSR count). The van der Waals surface area contributed by atoms with Crippen molar-refractivity contribution in [2.45, 2.75) is 32.6 Å². The molecule has 0 aliphatic carbocycles. The van der Waals surface area contributed by atoms with Crippen LogP contribution in [0.4, 0.5) is 5.88 Å². The van der Waals surface area contributed by atoms with Gasteiger partial charge in [0.15, 0.2) is 0 Å². The van der Waals surface area contributed by atoms with Crippen LogP contribution < -0.4 is 10.4 Å². The number of hydroxylamine groups is 2. The summed E-state index contributed by atoms with van der Waals surface area (Å²) in [4.78, 5) is 23.2. The zero-order valence-corrected chi connectivity index (χ0v) is 14.6. The molecule has 0 spiro atoms. The van der Waals surface area contributed by atoms with Crippen LogP contribution in [0.25, 0.3) is 11.0 Å². The number of hydrogen-bond acceptors (Lipinski definition) is 5. The van der Waals surface area contributed by atoms with Crippen molar-refractivity contribution in [1.82, 2.24) is 10.5 Å². The fraction of sp³-hybridized carbons (Fsp3) is 0.444. The summed E-state index contributed by atoms with van der Waals surface area (Å²) in [7, 11) is 1.69. The Morgan fingerprint density at radius 2 is 2.12 bits per heavy atom. The van der Waals surface area contributed by atoms with Crippen LogP contribution in [0.2, 0.25) is 0 Å². The predicted octanol–water partition coefficient (Wildman–Crippen LogP) is 2.94. The third-order valence-corrected chi connectivity index (χ3v) is 4.08. The molecule has 7 heteroatoms. The van der Waals surface area contributed by atoms with Crippen molar-refractivity contribution >= 4 is 29.2 Å². The van der Waals surface area contributed by atoms with Gasteiger partial charge in [-0.25, -0.2) is 5.06 Å². The normalized spacial score (nSPS) is 12.0.